The van der Waals surface area contributed by atoms with Gasteiger partial charge in [0.15, 0.2) is 0 Å². The van der Waals surface area contributed by atoms with E-state index in [-0.39, 0.29) is 0 Å². The molecule has 3 aromatic rings. The van der Waals surface area contributed by atoms with Crippen LogP contribution in [0.1, 0.15) is 49.7 Å². The molecule has 3 heterocycles. The summed E-state index contributed by atoms with van der Waals surface area (Å²) in [5.41, 5.74) is 5.56. The molecule has 1 aliphatic heterocycles. The number of pyridine rings is 1. The lowest BCUT2D eigenvalue weighted by atomic mass is 9.88. The first-order valence-electron chi connectivity index (χ1n) is 10.1. The molecule has 0 spiro atoms. The molecule has 0 aliphatic carbocycles. The van der Waals surface area contributed by atoms with Gasteiger partial charge in [-0.05, 0) is 81.1 Å². The standard InChI is InChI=1S/C23H28FN3/c1-3-4-11-27-12-8-17(9-13-27)18-5-6-21-20(14-18)16(2)23(26-21)19-7-10-25-22(24)15-19/h5-7,10,14-15,17,26H,3-4,8-9,11-13H2,1-2H3. The monoisotopic (exact) mass is 365 g/mol. The lowest BCUT2D eigenvalue weighted by molar-refractivity contribution is 0.210. The lowest BCUT2D eigenvalue weighted by Gasteiger charge is -2.32. The van der Waals surface area contributed by atoms with Gasteiger partial charge in [0, 0.05) is 34.4 Å². The minimum Gasteiger partial charge on any atom is -0.354 e. The van der Waals surface area contributed by atoms with Crippen LogP contribution in [0.2, 0.25) is 0 Å². The maximum atomic E-state index is 13.5. The van der Waals surface area contributed by atoms with Crippen LogP contribution in [0.3, 0.4) is 0 Å². The molecule has 1 N–H and O–H groups in total. The van der Waals surface area contributed by atoms with Crippen LogP contribution in [0.15, 0.2) is 36.5 Å². The van der Waals surface area contributed by atoms with Crippen molar-refractivity contribution in [2.45, 2.75) is 45.4 Å². The van der Waals surface area contributed by atoms with Crippen molar-refractivity contribution in [2.75, 3.05) is 19.6 Å². The van der Waals surface area contributed by atoms with Crippen molar-refractivity contribution < 1.29 is 4.39 Å². The molecule has 0 bridgehead atoms. The van der Waals surface area contributed by atoms with Crippen LogP contribution in [0.25, 0.3) is 22.2 Å². The number of aryl methyl sites for hydroxylation is 1. The van der Waals surface area contributed by atoms with E-state index in [4.69, 9.17) is 0 Å². The molecule has 4 rings (SSSR count). The van der Waals surface area contributed by atoms with Crippen molar-refractivity contribution in [1.82, 2.24) is 14.9 Å². The van der Waals surface area contributed by atoms with E-state index in [9.17, 15) is 4.39 Å². The van der Waals surface area contributed by atoms with E-state index in [1.54, 1.807) is 0 Å². The highest BCUT2D eigenvalue weighted by Crippen LogP contribution is 2.34. The number of nitrogens with zero attached hydrogens (tertiary/aromatic N) is 2. The predicted octanol–water partition coefficient (Wildman–Crippen LogP) is 5.66. The summed E-state index contributed by atoms with van der Waals surface area (Å²) in [5.74, 6) is 0.199. The fourth-order valence-electron chi connectivity index (χ4n) is 4.32. The van der Waals surface area contributed by atoms with E-state index >= 15 is 0 Å². The maximum Gasteiger partial charge on any atom is 0.213 e. The van der Waals surface area contributed by atoms with E-state index in [1.165, 1.54) is 74.1 Å². The summed E-state index contributed by atoms with van der Waals surface area (Å²) in [5, 5.41) is 1.24. The first-order valence-corrected chi connectivity index (χ1v) is 10.1. The average molecular weight is 365 g/mol. The number of nitrogens with one attached hydrogen (secondary N) is 1. The average Bonchev–Trinajstić information content (AvgIpc) is 3.03. The molecule has 3 nitrogen and oxygen atoms in total. The molecule has 142 valence electrons. The summed E-state index contributed by atoms with van der Waals surface area (Å²) in [4.78, 5) is 9.74. The topological polar surface area (TPSA) is 31.9 Å². The van der Waals surface area contributed by atoms with Crippen molar-refractivity contribution in [3.63, 3.8) is 0 Å². The van der Waals surface area contributed by atoms with Crippen molar-refractivity contribution >= 4 is 10.9 Å². The van der Waals surface area contributed by atoms with Crippen LogP contribution in [0.4, 0.5) is 4.39 Å². The van der Waals surface area contributed by atoms with Gasteiger partial charge < -0.3 is 9.88 Å². The highest BCUT2D eigenvalue weighted by molar-refractivity contribution is 5.91. The Morgan fingerprint density at radius 2 is 2.00 bits per heavy atom. The third kappa shape index (κ3) is 3.77. The summed E-state index contributed by atoms with van der Waals surface area (Å²) in [6.07, 6.45) is 6.57. The summed E-state index contributed by atoms with van der Waals surface area (Å²) in [7, 11) is 0. The van der Waals surface area contributed by atoms with Gasteiger partial charge in [-0.15, -0.1) is 0 Å². The van der Waals surface area contributed by atoms with Gasteiger partial charge >= 0.3 is 0 Å². The number of benzene rings is 1. The number of hydrogen-bond acceptors (Lipinski definition) is 2. The zero-order chi connectivity index (χ0) is 18.8. The number of likely N-dealkylation sites (tertiary alicyclic amines) is 1. The Kier molecular flexibility index (Phi) is 5.26. The summed E-state index contributed by atoms with van der Waals surface area (Å²) in [6.45, 7) is 8.02. The first-order chi connectivity index (χ1) is 13.2. The van der Waals surface area contributed by atoms with Crippen molar-refractivity contribution in [3.05, 3.63) is 53.6 Å². The molecule has 1 fully saturated rings. The van der Waals surface area contributed by atoms with Crippen LogP contribution in [-0.4, -0.2) is 34.5 Å². The van der Waals surface area contributed by atoms with Crippen LogP contribution >= 0.6 is 0 Å². The second-order valence-electron chi connectivity index (χ2n) is 7.77. The zero-order valence-corrected chi connectivity index (χ0v) is 16.3. The van der Waals surface area contributed by atoms with Gasteiger partial charge in [0.05, 0.1) is 0 Å². The molecule has 0 unspecified atom stereocenters. The van der Waals surface area contributed by atoms with E-state index in [0.29, 0.717) is 5.92 Å². The molecular formula is C23H28FN3. The van der Waals surface area contributed by atoms with E-state index in [0.717, 1.165) is 16.8 Å². The fourth-order valence-corrected chi connectivity index (χ4v) is 4.32. The molecular weight excluding hydrogens is 337 g/mol. The number of rotatable bonds is 5. The smallest absolute Gasteiger partial charge is 0.213 e. The molecule has 0 amide bonds. The minimum absolute atomic E-state index is 0.443. The highest BCUT2D eigenvalue weighted by atomic mass is 19.1. The summed E-state index contributed by atoms with van der Waals surface area (Å²) >= 11 is 0. The Bertz CT molecular complexity index is 923. The van der Waals surface area contributed by atoms with Gasteiger partial charge in [0.25, 0.3) is 0 Å². The largest absolute Gasteiger partial charge is 0.354 e. The van der Waals surface area contributed by atoms with E-state index in [1.807, 2.05) is 6.07 Å². The number of halogens is 1. The molecule has 0 radical (unpaired) electrons. The molecule has 2 aromatic heterocycles. The first kappa shape index (κ1) is 18.2. The number of aromatic nitrogens is 2. The summed E-state index contributed by atoms with van der Waals surface area (Å²) in [6, 6.07) is 10.1. The van der Waals surface area contributed by atoms with Gasteiger partial charge in [0.1, 0.15) is 0 Å². The number of H-pyrrole nitrogens is 1. The Morgan fingerprint density at radius 1 is 1.19 bits per heavy atom. The number of piperidine rings is 1. The third-order valence-corrected chi connectivity index (χ3v) is 5.98. The third-order valence-electron chi connectivity index (χ3n) is 5.98. The van der Waals surface area contributed by atoms with Crippen molar-refractivity contribution in [3.8, 4) is 11.3 Å². The van der Waals surface area contributed by atoms with Crippen molar-refractivity contribution in [1.29, 1.82) is 0 Å². The van der Waals surface area contributed by atoms with Gasteiger partial charge in [0.2, 0.25) is 5.95 Å². The molecule has 1 aliphatic rings. The van der Waals surface area contributed by atoms with Crippen LogP contribution in [-0.2, 0) is 0 Å². The second-order valence-corrected chi connectivity index (χ2v) is 7.77. The van der Waals surface area contributed by atoms with E-state index < -0.39 is 5.95 Å². The normalized spacial score (nSPS) is 16.3. The van der Waals surface area contributed by atoms with Crippen molar-refractivity contribution in [2.24, 2.45) is 0 Å². The second kappa shape index (κ2) is 7.81. The Balaban J connectivity index is 1.57. The lowest BCUT2D eigenvalue weighted by Crippen LogP contribution is -2.33. The number of unbranched alkanes of at least 4 members (excludes halogenated alkanes) is 1. The molecule has 0 atom stereocenters. The Morgan fingerprint density at radius 3 is 2.74 bits per heavy atom. The van der Waals surface area contributed by atoms with Crippen LogP contribution in [0.5, 0.6) is 0 Å². The van der Waals surface area contributed by atoms with E-state index in [2.05, 4.69) is 46.9 Å². The van der Waals surface area contributed by atoms with Gasteiger partial charge in [-0.2, -0.15) is 4.39 Å². The maximum absolute atomic E-state index is 13.5. The Labute approximate surface area is 160 Å². The van der Waals surface area contributed by atoms with Gasteiger partial charge in [-0.1, -0.05) is 19.4 Å². The SMILES string of the molecule is CCCCN1CCC(c2ccc3[nH]c(-c4ccnc(F)c4)c(C)c3c2)CC1. The summed E-state index contributed by atoms with van der Waals surface area (Å²) < 4.78 is 13.5. The zero-order valence-electron chi connectivity index (χ0n) is 16.3. The quantitative estimate of drug-likeness (QED) is 0.592. The van der Waals surface area contributed by atoms with Crippen LogP contribution < -0.4 is 0 Å². The number of fused-ring (bicyclic) bond motifs is 1. The fraction of sp³-hybridized carbons (Fsp3) is 0.435. The molecule has 4 heteroatoms. The minimum atomic E-state index is -0.443. The van der Waals surface area contributed by atoms with Gasteiger partial charge in [-0.3, -0.25) is 0 Å². The molecule has 1 saturated heterocycles. The number of hydrogen-bond donors (Lipinski definition) is 1. The predicted molar refractivity (Wildman–Crippen MR) is 110 cm³/mol. The van der Waals surface area contributed by atoms with Crippen LogP contribution in [0, 0.1) is 12.9 Å². The molecule has 27 heavy (non-hydrogen) atoms. The number of aromatic amines is 1. The highest BCUT2D eigenvalue weighted by Gasteiger charge is 2.21. The molecule has 1 aromatic carbocycles. The molecule has 0 saturated carbocycles. The van der Waals surface area contributed by atoms with Gasteiger partial charge in [-0.25, -0.2) is 4.98 Å². The Hall–Kier alpha value is -2.20.